The molecule has 0 aliphatic heterocycles. The fourth-order valence-corrected chi connectivity index (χ4v) is 5.86. The Morgan fingerprint density at radius 2 is 1.23 bits per heavy atom. The second kappa shape index (κ2) is 20.9. The van der Waals surface area contributed by atoms with E-state index in [1.165, 1.54) is 36.4 Å². The lowest BCUT2D eigenvalue weighted by molar-refractivity contribution is -0.147. The molecular weight excluding hydrogens is 817 g/mol. The largest absolute Gasteiger partial charge is 0.468 e. The van der Waals surface area contributed by atoms with E-state index in [1.54, 1.807) is 24.3 Å². The van der Waals surface area contributed by atoms with Crippen LogP contribution in [-0.2, 0) is 38.1 Å². The molecule has 0 aliphatic rings. The third-order valence-corrected chi connectivity index (χ3v) is 8.94. The number of rotatable bonds is 19. The number of hydrogen-bond acceptors (Lipinski definition) is 18. The van der Waals surface area contributed by atoms with Gasteiger partial charge in [-0.1, -0.05) is 31.9 Å². The zero-order valence-electron chi connectivity index (χ0n) is 31.6. The molecule has 4 aromatic carbocycles. The summed E-state index contributed by atoms with van der Waals surface area (Å²) in [7, 11) is 0. The molecular formula is C43H30N2O15S. The predicted molar refractivity (Wildman–Crippen MR) is 212 cm³/mol. The number of carbonyl (C=O) groups excluding carboxylic acids is 7. The van der Waals surface area contributed by atoms with Crippen LogP contribution in [0.25, 0.3) is 20.8 Å². The molecule has 61 heavy (non-hydrogen) atoms. The number of fused-ring (bicyclic) bond motifs is 1. The Hall–Kier alpha value is -8.27. The first-order valence-electron chi connectivity index (χ1n) is 17.4. The molecule has 17 nitrogen and oxygen atoms in total. The van der Waals surface area contributed by atoms with Crippen molar-refractivity contribution in [2.45, 2.75) is 0 Å². The molecule has 0 aliphatic carbocycles. The maximum Gasteiger partial charge on any atom is 0.343 e. The van der Waals surface area contributed by atoms with Crippen molar-refractivity contribution in [2.75, 3.05) is 27.0 Å². The quantitative estimate of drug-likeness (QED) is 0.0302. The van der Waals surface area contributed by atoms with Crippen molar-refractivity contribution in [1.82, 2.24) is 4.98 Å². The van der Waals surface area contributed by atoms with Crippen LogP contribution in [0.1, 0.15) is 47.0 Å². The summed E-state index contributed by atoms with van der Waals surface area (Å²) in [5, 5.41) is 9.68. The highest BCUT2D eigenvalue weighted by atomic mass is 32.1. The minimum atomic E-state index is -1.21. The highest BCUT2D eigenvalue weighted by Crippen LogP contribution is 2.41. The van der Waals surface area contributed by atoms with Crippen LogP contribution < -0.4 is 14.2 Å². The number of ketones is 1. The van der Waals surface area contributed by atoms with Gasteiger partial charge in [0.05, 0.1) is 33.9 Å². The second-order valence-corrected chi connectivity index (χ2v) is 12.7. The van der Waals surface area contributed by atoms with Crippen molar-refractivity contribution < 1.29 is 71.5 Å². The molecule has 0 atom stereocenters. The molecule has 0 bridgehead atoms. The van der Waals surface area contributed by atoms with Gasteiger partial charge < -0.3 is 37.9 Å². The average molecular weight is 847 g/mol. The van der Waals surface area contributed by atoms with E-state index in [1.807, 2.05) is 6.07 Å². The third-order valence-electron chi connectivity index (χ3n) is 7.82. The van der Waals surface area contributed by atoms with Crippen molar-refractivity contribution in [3.05, 3.63) is 145 Å². The van der Waals surface area contributed by atoms with Crippen molar-refractivity contribution in [3.63, 3.8) is 0 Å². The average Bonchev–Trinajstić information content (AvgIpc) is 3.74. The Kier molecular flexibility index (Phi) is 15.1. The van der Waals surface area contributed by atoms with Gasteiger partial charge in [0.2, 0.25) is 13.6 Å². The topological polar surface area (TPSA) is 230 Å². The van der Waals surface area contributed by atoms with Crippen LogP contribution in [0.3, 0.4) is 0 Å². The number of nitrogens with zero attached hydrogens (tertiary/aromatic N) is 2. The van der Waals surface area contributed by atoms with Crippen molar-refractivity contribution in [1.29, 1.82) is 5.26 Å². The van der Waals surface area contributed by atoms with E-state index in [4.69, 9.17) is 28.4 Å². The van der Waals surface area contributed by atoms with Gasteiger partial charge in [0, 0.05) is 17.7 Å². The summed E-state index contributed by atoms with van der Waals surface area (Å²) < 4.78 is 41.5. The molecule has 308 valence electrons. The summed E-state index contributed by atoms with van der Waals surface area (Å²) in [6, 6.07) is 20.3. The van der Waals surface area contributed by atoms with E-state index >= 15 is 0 Å². The van der Waals surface area contributed by atoms with E-state index < -0.39 is 60.5 Å². The van der Waals surface area contributed by atoms with Crippen molar-refractivity contribution in [3.8, 4) is 33.9 Å². The summed E-state index contributed by atoms with van der Waals surface area (Å²) in [5.74, 6) is -5.95. The standard InChI is InChI=1S/C43H30N2O15S/c1-4-29(46)21-53-22-54-30-14-11-27(12-15-30)40(49)60-34-18-17-33(37-38(34)61-39(45-37)26-9-7-25(20-44)8-10-26)59-41(50)28-13-16-31(42(51)57-23-55-35(47)5-2)32(19-28)43(52)58-24-56-36(48)6-3/h4-19H,1-3,21-24H2. The van der Waals surface area contributed by atoms with Crippen LogP contribution in [0.4, 0.5) is 0 Å². The summed E-state index contributed by atoms with van der Waals surface area (Å²) in [4.78, 5) is 91.8. The zero-order chi connectivity index (χ0) is 43.9. The fourth-order valence-electron chi connectivity index (χ4n) is 4.82. The summed E-state index contributed by atoms with van der Waals surface area (Å²) in [6.45, 7) is 7.69. The summed E-state index contributed by atoms with van der Waals surface area (Å²) >= 11 is 1.10. The maximum absolute atomic E-state index is 13.7. The number of esters is 6. The van der Waals surface area contributed by atoms with Crippen LogP contribution in [0, 0.1) is 11.3 Å². The van der Waals surface area contributed by atoms with Crippen LogP contribution in [0.15, 0.2) is 117 Å². The Balaban J connectivity index is 1.42. The van der Waals surface area contributed by atoms with E-state index in [0.717, 1.165) is 47.8 Å². The molecule has 0 N–H and O–H groups in total. The van der Waals surface area contributed by atoms with Crippen molar-refractivity contribution >= 4 is 63.2 Å². The highest BCUT2D eigenvalue weighted by Gasteiger charge is 2.25. The Morgan fingerprint density at radius 3 is 1.85 bits per heavy atom. The summed E-state index contributed by atoms with van der Waals surface area (Å²) in [6.07, 6.45) is 2.79. The van der Waals surface area contributed by atoms with Gasteiger partial charge in [-0.05, 0) is 72.8 Å². The highest BCUT2D eigenvalue weighted by molar-refractivity contribution is 7.22. The van der Waals surface area contributed by atoms with Gasteiger partial charge in [0.1, 0.15) is 27.6 Å². The minimum Gasteiger partial charge on any atom is -0.468 e. The number of hydrogen-bond donors (Lipinski definition) is 0. The van der Waals surface area contributed by atoms with E-state index in [2.05, 4.69) is 34.2 Å². The van der Waals surface area contributed by atoms with Crippen LogP contribution in [0.2, 0.25) is 0 Å². The van der Waals surface area contributed by atoms with Crippen LogP contribution in [0.5, 0.6) is 17.2 Å². The lowest BCUT2D eigenvalue weighted by atomic mass is 10.0. The fraction of sp³-hybridized carbons (Fsp3) is 0.0930. The Bertz CT molecular complexity index is 2590. The van der Waals surface area contributed by atoms with Gasteiger partial charge in [-0.2, -0.15) is 5.26 Å². The predicted octanol–water partition coefficient (Wildman–Crippen LogP) is 6.07. The smallest absolute Gasteiger partial charge is 0.343 e. The number of nitriles is 1. The minimum absolute atomic E-state index is 0.0571. The number of aromatic nitrogens is 1. The molecule has 0 fully saturated rings. The van der Waals surface area contributed by atoms with Gasteiger partial charge >= 0.3 is 35.8 Å². The number of carbonyl (C=O) groups is 7. The SMILES string of the molecule is C=CC(=O)COCOc1ccc(C(=O)Oc2ccc(OC(=O)c3ccc(C(=O)OCOC(=O)C=C)c(C(=O)OCOC(=O)C=C)c3)c3nc(-c4ccc(C#N)cc4)sc23)cc1. The summed E-state index contributed by atoms with van der Waals surface area (Å²) in [5.41, 5.74) is 0.0403. The van der Waals surface area contributed by atoms with Gasteiger partial charge in [-0.15, -0.1) is 11.3 Å². The molecule has 0 spiro atoms. The van der Waals surface area contributed by atoms with Gasteiger partial charge in [-0.3, -0.25) is 4.79 Å². The first-order chi connectivity index (χ1) is 29.4. The monoisotopic (exact) mass is 846 g/mol. The molecule has 18 heteroatoms. The molecule has 0 saturated carbocycles. The lowest BCUT2D eigenvalue weighted by Gasteiger charge is -2.12. The van der Waals surface area contributed by atoms with E-state index in [9.17, 15) is 38.8 Å². The van der Waals surface area contributed by atoms with Crippen LogP contribution in [-0.4, -0.2) is 73.6 Å². The molecule has 0 saturated heterocycles. The molecule has 5 rings (SSSR count). The Labute approximate surface area is 349 Å². The molecule has 0 amide bonds. The molecule has 1 heterocycles. The second-order valence-electron chi connectivity index (χ2n) is 11.7. The number of ether oxygens (including phenoxy) is 8. The molecule has 5 aromatic rings. The number of benzene rings is 4. The normalized spacial score (nSPS) is 10.3. The third kappa shape index (κ3) is 11.7. The van der Waals surface area contributed by atoms with Gasteiger partial charge in [-0.25, -0.2) is 33.8 Å². The first kappa shape index (κ1) is 43.8. The van der Waals surface area contributed by atoms with Crippen LogP contribution >= 0.6 is 11.3 Å². The van der Waals surface area contributed by atoms with Gasteiger partial charge in [0.25, 0.3) is 0 Å². The molecule has 0 radical (unpaired) electrons. The van der Waals surface area contributed by atoms with Gasteiger partial charge in [0.15, 0.2) is 24.1 Å². The maximum atomic E-state index is 13.7. The zero-order valence-corrected chi connectivity index (χ0v) is 32.4. The number of thiazole rings is 1. The molecule has 1 aromatic heterocycles. The molecule has 0 unspecified atom stereocenters. The lowest BCUT2D eigenvalue weighted by Crippen LogP contribution is -2.19. The Morgan fingerprint density at radius 1 is 0.639 bits per heavy atom. The van der Waals surface area contributed by atoms with Crippen molar-refractivity contribution in [2.24, 2.45) is 0 Å². The van der Waals surface area contributed by atoms with E-state index in [-0.39, 0.29) is 52.0 Å². The van der Waals surface area contributed by atoms with E-state index in [0.29, 0.717) is 21.9 Å². The first-order valence-corrected chi connectivity index (χ1v) is 18.2.